The first kappa shape index (κ1) is 14.0. The molecule has 0 bridgehead atoms. The second-order valence-electron chi connectivity index (χ2n) is 4.48. The number of hydrogen-bond donors (Lipinski definition) is 1. The Labute approximate surface area is 106 Å². The highest BCUT2D eigenvalue weighted by molar-refractivity contribution is 7.16. The zero-order valence-electron chi connectivity index (χ0n) is 10.8. The molecule has 1 aromatic rings. The minimum atomic E-state index is -1.45. The number of nitrogens with two attached hydrogens (primary N) is 1. The fourth-order valence-electron chi connectivity index (χ4n) is 2.17. The topological polar surface area (TPSA) is 49.8 Å². The Morgan fingerprint density at radius 1 is 1.47 bits per heavy atom. The predicted molar refractivity (Wildman–Crippen MR) is 70.7 cm³/mol. The van der Waals surface area contributed by atoms with Gasteiger partial charge in [-0.1, -0.05) is 27.7 Å². The average Bonchev–Trinajstić information content (AvgIpc) is 2.64. The van der Waals surface area contributed by atoms with E-state index in [1.807, 2.05) is 27.7 Å². The van der Waals surface area contributed by atoms with Crippen molar-refractivity contribution in [2.45, 2.75) is 46.2 Å². The van der Waals surface area contributed by atoms with Gasteiger partial charge >= 0.3 is 0 Å². The van der Waals surface area contributed by atoms with E-state index in [0.29, 0.717) is 29.0 Å². The number of anilines is 1. The van der Waals surface area contributed by atoms with Crippen LogP contribution in [0.4, 0.5) is 9.39 Å². The first-order chi connectivity index (χ1) is 7.92. The van der Waals surface area contributed by atoms with Crippen molar-refractivity contribution < 1.29 is 4.39 Å². The second kappa shape index (κ2) is 5.05. The lowest BCUT2D eigenvalue weighted by molar-refractivity contribution is 0.0928. The lowest BCUT2D eigenvalue weighted by Crippen LogP contribution is -2.27. The van der Waals surface area contributed by atoms with Gasteiger partial charge in [0, 0.05) is 10.4 Å². The highest BCUT2D eigenvalue weighted by atomic mass is 32.1. The maximum atomic E-state index is 15.1. The summed E-state index contributed by atoms with van der Waals surface area (Å²) in [4.78, 5) is 0.900. The smallest absolute Gasteiger partial charge is 0.140 e. The van der Waals surface area contributed by atoms with Gasteiger partial charge in [0.2, 0.25) is 0 Å². The summed E-state index contributed by atoms with van der Waals surface area (Å²) in [7, 11) is 0. The molecule has 17 heavy (non-hydrogen) atoms. The molecule has 0 aromatic carbocycles. The van der Waals surface area contributed by atoms with Gasteiger partial charge in [0.15, 0.2) is 0 Å². The van der Waals surface area contributed by atoms with Crippen LogP contribution in [0.1, 0.15) is 50.1 Å². The van der Waals surface area contributed by atoms with Gasteiger partial charge in [-0.05, 0) is 18.8 Å². The summed E-state index contributed by atoms with van der Waals surface area (Å²) in [5, 5.41) is 9.60. The molecule has 0 saturated carbocycles. The standard InChI is InChI=1S/C13H19FN2S/c1-5-10-11(9(7-15)12(16)17-10)13(14,6-2)8(3)4/h8H,5-6,16H2,1-4H3. The van der Waals surface area contributed by atoms with Crippen LogP contribution in [0.2, 0.25) is 0 Å². The van der Waals surface area contributed by atoms with E-state index in [4.69, 9.17) is 11.0 Å². The number of hydrogen-bond acceptors (Lipinski definition) is 3. The molecule has 94 valence electrons. The molecule has 0 aliphatic heterocycles. The van der Waals surface area contributed by atoms with Crippen molar-refractivity contribution in [3.63, 3.8) is 0 Å². The molecule has 2 nitrogen and oxygen atoms in total. The van der Waals surface area contributed by atoms with Gasteiger partial charge in [0.05, 0.1) is 5.56 Å². The van der Waals surface area contributed by atoms with Gasteiger partial charge in [-0.25, -0.2) is 4.39 Å². The average molecular weight is 254 g/mol. The van der Waals surface area contributed by atoms with E-state index in [0.717, 1.165) is 4.88 Å². The largest absolute Gasteiger partial charge is 0.389 e. The van der Waals surface area contributed by atoms with Crippen LogP contribution in [0.5, 0.6) is 0 Å². The van der Waals surface area contributed by atoms with Crippen molar-refractivity contribution in [2.75, 3.05) is 5.73 Å². The van der Waals surface area contributed by atoms with E-state index in [9.17, 15) is 0 Å². The zero-order valence-corrected chi connectivity index (χ0v) is 11.6. The number of halogens is 1. The zero-order chi connectivity index (χ0) is 13.2. The minimum Gasteiger partial charge on any atom is -0.389 e. The highest BCUT2D eigenvalue weighted by Crippen LogP contribution is 2.45. The summed E-state index contributed by atoms with van der Waals surface area (Å²) < 4.78 is 15.1. The van der Waals surface area contributed by atoms with E-state index in [1.54, 1.807) is 0 Å². The number of thiophene rings is 1. The third-order valence-corrected chi connectivity index (χ3v) is 4.45. The Morgan fingerprint density at radius 3 is 2.41 bits per heavy atom. The van der Waals surface area contributed by atoms with Crippen molar-refractivity contribution in [2.24, 2.45) is 5.92 Å². The normalized spacial score (nSPS) is 14.6. The molecule has 1 atom stereocenters. The van der Waals surface area contributed by atoms with Crippen LogP contribution in [0.3, 0.4) is 0 Å². The van der Waals surface area contributed by atoms with E-state index in [-0.39, 0.29) is 5.92 Å². The maximum absolute atomic E-state index is 15.1. The van der Waals surface area contributed by atoms with Crippen molar-refractivity contribution in [3.8, 4) is 6.07 Å². The van der Waals surface area contributed by atoms with Gasteiger partial charge in [-0.2, -0.15) is 5.26 Å². The van der Waals surface area contributed by atoms with Gasteiger partial charge in [-0.3, -0.25) is 0 Å². The molecule has 0 fully saturated rings. The van der Waals surface area contributed by atoms with Crippen LogP contribution in [0.25, 0.3) is 0 Å². The second-order valence-corrected chi connectivity index (χ2v) is 5.61. The van der Waals surface area contributed by atoms with Crippen LogP contribution in [0, 0.1) is 17.2 Å². The lowest BCUT2D eigenvalue weighted by atomic mass is 9.81. The Hall–Kier alpha value is -1.08. The van der Waals surface area contributed by atoms with E-state index < -0.39 is 5.67 Å². The number of nitrogen functional groups attached to an aromatic ring is 1. The molecule has 1 rings (SSSR count). The third-order valence-electron chi connectivity index (χ3n) is 3.29. The van der Waals surface area contributed by atoms with Crippen molar-refractivity contribution in [1.29, 1.82) is 5.26 Å². The molecular weight excluding hydrogens is 235 g/mol. The van der Waals surface area contributed by atoms with Crippen LogP contribution < -0.4 is 5.73 Å². The molecule has 4 heteroatoms. The molecule has 0 radical (unpaired) electrons. The van der Waals surface area contributed by atoms with Crippen LogP contribution in [-0.2, 0) is 12.1 Å². The quantitative estimate of drug-likeness (QED) is 0.883. The minimum absolute atomic E-state index is 0.168. The number of nitriles is 1. The Bertz CT molecular complexity index is 445. The van der Waals surface area contributed by atoms with Crippen molar-refractivity contribution in [1.82, 2.24) is 0 Å². The summed E-state index contributed by atoms with van der Waals surface area (Å²) in [6, 6.07) is 2.06. The Kier molecular flexibility index (Phi) is 4.16. The molecule has 0 saturated heterocycles. The van der Waals surface area contributed by atoms with Crippen LogP contribution in [-0.4, -0.2) is 0 Å². The Morgan fingerprint density at radius 2 is 2.06 bits per heavy atom. The first-order valence-corrected chi connectivity index (χ1v) is 6.74. The van der Waals surface area contributed by atoms with Gasteiger partial charge in [0.1, 0.15) is 16.7 Å². The van der Waals surface area contributed by atoms with E-state index in [2.05, 4.69) is 6.07 Å². The number of aryl methyl sites for hydroxylation is 1. The molecule has 0 aliphatic rings. The first-order valence-electron chi connectivity index (χ1n) is 5.92. The summed E-state index contributed by atoms with van der Waals surface area (Å²) in [5.41, 5.74) is 5.22. The highest BCUT2D eigenvalue weighted by Gasteiger charge is 2.39. The number of alkyl halides is 1. The monoisotopic (exact) mass is 254 g/mol. The molecule has 1 aromatic heterocycles. The molecule has 0 aliphatic carbocycles. The summed E-state index contributed by atoms with van der Waals surface area (Å²) in [6.07, 6.45) is 1.08. The molecule has 0 spiro atoms. The summed E-state index contributed by atoms with van der Waals surface area (Å²) in [6.45, 7) is 7.47. The van der Waals surface area contributed by atoms with Crippen molar-refractivity contribution >= 4 is 16.3 Å². The van der Waals surface area contributed by atoms with Gasteiger partial charge in [0.25, 0.3) is 0 Å². The SMILES string of the molecule is CCc1sc(N)c(C#N)c1C(F)(CC)C(C)C. The fraction of sp³-hybridized carbons (Fsp3) is 0.615. The summed E-state index contributed by atoms with van der Waals surface area (Å²) in [5.74, 6) is -0.168. The van der Waals surface area contributed by atoms with E-state index >= 15 is 4.39 Å². The van der Waals surface area contributed by atoms with Gasteiger partial charge < -0.3 is 5.73 Å². The molecule has 1 unspecified atom stereocenters. The predicted octanol–water partition coefficient (Wildman–Crippen LogP) is 4.00. The lowest BCUT2D eigenvalue weighted by Gasteiger charge is -2.29. The molecular formula is C13H19FN2S. The molecule has 0 amide bonds. The van der Waals surface area contributed by atoms with Crippen LogP contribution in [0.15, 0.2) is 0 Å². The Balaban J connectivity index is 3.53. The van der Waals surface area contributed by atoms with Crippen molar-refractivity contribution in [3.05, 3.63) is 16.0 Å². The molecule has 2 N–H and O–H groups in total. The number of nitrogens with zero attached hydrogens (tertiary/aromatic N) is 1. The van der Waals surface area contributed by atoms with Gasteiger partial charge in [-0.15, -0.1) is 11.3 Å². The van der Waals surface area contributed by atoms with E-state index in [1.165, 1.54) is 11.3 Å². The fourth-order valence-corrected chi connectivity index (χ4v) is 3.20. The van der Waals surface area contributed by atoms with Crippen LogP contribution >= 0.6 is 11.3 Å². The number of rotatable bonds is 4. The maximum Gasteiger partial charge on any atom is 0.140 e. The molecule has 1 heterocycles. The summed E-state index contributed by atoms with van der Waals surface area (Å²) >= 11 is 1.34. The third kappa shape index (κ3) is 2.16.